The number of nitrogens with zero attached hydrogens (tertiary/aromatic N) is 2. The normalized spacial score (nSPS) is 14.5. The van der Waals surface area contributed by atoms with Gasteiger partial charge in [0.2, 0.25) is 10.0 Å². The Labute approximate surface area is 180 Å². The maximum Gasteiger partial charge on any atom is 0.269 e. The van der Waals surface area contributed by atoms with Gasteiger partial charge in [0.15, 0.2) is 0 Å². The molecular formula is C20H21FN4O4S2. The van der Waals surface area contributed by atoms with Crippen LogP contribution in [0.3, 0.4) is 0 Å². The van der Waals surface area contributed by atoms with E-state index in [1.54, 1.807) is 19.2 Å². The molecule has 164 valence electrons. The summed E-state index contributed by atoms with van der Waals surface area (Å²) < 4.78 is 69.1. The number of hydrogen-bond acceptors (Lipinski definition) is 6. The molecule has 31 heavy (non-hydrogen) atoms. The van der Waals surface area contributed by atoms with Crippen molar-refractivity contribution in [1.29, 1.82) is 0 Å². The summed E-state index contributed by atoms with van der Waals surface area (Å²) >= 11 is 0. The second-order valence-electron chi connectivity index (χ2n) is 7.30. The van der Waals surface area contributed by atoms with E-state index in [0.717, 1.165) is 10.2 Å². The molecule has 0 spiro atoms. The molecule has 0 radical (unpaired) electrons. The van der Waals surface area contributed by atoms with Crippen molar-refractivity contribution in [2.45, 2.75) is 29.5 Å². The van der Waals surface area contributed by atoms with Gasteiger partial charge >= 0.3 is 0 Å². The zero-order chi connectivity index (χ0) is 22.2. The van der Waals surface area contributed by atoms with Gasteiger partial charge < -0.3 is 5.32 Å². The molecule has 4 rings (SSSR count). The van der Waals surface area contributed by atoms with Gasteiger partial charge in [-0.3, -0.25) is 9.71 Å². The van der Waals surface area contributed by atoms with Crippen molar-refractivity contribution >= 4 is 25.7 Å². The first-order valence-corrected chi connectivity index (χ1v) is 12.5. The predicted molar refractivity (Wildman–Crippen MR) is 115 cm³/mol. The molecule has 2 heterocycles. The molecule has 2 N–H and O–H groups in total. The molecule has 0 bridgehead atoms. The van der Waals surface area contributed by atoms with Gasteiger partial charge in [0.05, 0.1) is 22.8 Å². The van der Waals surface area contributed by atoms with E-state index in [4.69, 9.17) is 0 Å². The second-order valence-corrected chi connectivity index (χ2v) is 11.1. The number of aromatic nitrogens is 2. The molecule has 8 nitrogen and oxygen atoms in total. The van der Waals surface area contributed by atoms with E-state index >= 15 is 0 Å². The SMILES string of the molecule is CNCc1cc(-c2ccccc2F)n(S(=O)(=O)c2cncc(NS(=O)(=O)C3CC3)c2)c1. The first-order valence-electron chi connectivity index (χ1n) is 9.55. The zero-order valence-corrected chi connectivity index (χ0v) is 18.2. The zero-order valence-electron chi connectivity index (χ0n) is 16.6. The number of sulfonamides is 1. The Balaban J connectivity index is 1.79. The van der Waals surface area contributed by atoms with Crippen LogP contribution >= 0.6 is 0 Å². The van der Waals surface area contributed by atoms with Crippen LogP contribution in [0, 0.1) is 5.82 Å². The number of benzene rings is 1. The van der Waals surface area contributed by atoms with Crippen LogP contribution in [0.1, 0.15) is 18.4 Å². The van der Waals surface area contributed by atoms with Gasteiger partial charge in [-0.1, -0.05) is 12.1 Å². The van der Waals surface area contributed by atoms with Crippen molar-refractivity contribution in [2.75, 3.05) is 11.8 Å². The van der Waals surface area contributed by atoms with Crippen LogP contribution in [0.15, 0.2) is 59.9 Å². The van der Waals surface area contributed by atoms with Crippen molar-refractivity contribution in [3.63, 3.8) is 0 Å². The van der Waals surface area contributed by atoms with Crippen LogP contribution in [0.4, 0.5) is 10.1 Å². The van der Waals surface area contributed by atoms with E-state index in [1.807, 2.05) is 0 Å². The molecule has 11 heteroatoms. The monoisotopic (exact) mass is 464 g/mol. The molecule has 2 aromatic heterocycles. The molecular weight excluding hydrogens is 443 g/mol. The summed E-state index contributed by atoms with van der Waals surface area (Å²) in [5, 5.41) is 2.48. The van der Waals surface area contributed by atoms with Crippen molar-refractivity contribution in [3.8, 4) is 11.3 Å². The number of rotatable bonds is 8. The van der Waals surface area contributed by atoms with Crippen LogP contribution in [0.5, 0.6) is 0 Å². The molecule has 0 atom stereocenters. The average molecular weight is 465 g/mol. The highest BCUT2D eigenvalue weighted by atomic mass is 32.2. The molecule has 1 fully saturated rings. The molecule has 3 aromatic rings. The molecule has 0 aliphatic heterocycles. The average Bonchev–Trinajstić information content (AvgIpc) is 3.50. The molecule has 1 aromatic carbocycles. The maximum atomic E-state index is 14.5. The standard InChI is InChI=1S/C20H21FN4O4S2/c1-22-10-14-8-20(18-4-2-3-5-19(18)21)25(13-14)31(28,29)17-9-15(11-23-12-17)24-30(26,27)16-6-7-16/h2-5,8-9,11-13,16,22,24H,6-7,10H2,1H3. The van der Waals surface area contributed by atoms with Gasteiger partial charge in [0.1, 0.15) is 10.7 Å². The lowest BCUT2D eigenvalue weighted by atomic mass is 10.1. The van der Waals surface area contributed by atoms with E-state index < -0.39 is 31.1 Å². The Bertz CT molecular complexity index is 1330. The minimum atomic E-state index is -4.19. The van der Waals surface area contributed by atoms with Crippen LogP contribution in [-0.2, 0) is 26.6 Å². The Morgan fingerprint density at radius 1 is 1.13 bits per heavy atom. The summed E-state index contributed by atoms with van der Waals surface area (Å²) in [6.07, 6.45) is 4.94. The fourth-order valence-corrected chi connectivity index (χ4v) is 5.96. The highest BCUT2D eigenvalue weighted by Gasteiger charge is 2.36. The van der Waals surface area contributed by atoms with Gasteiger partial charge in [-0.15, -0.1) is 0 Å². The summed E-state index contributed by atoms with van der Waals surface area (Å²) in [5.74, 6) is -0.558. The Morgan fingerprint density at radius 2 is 1.87 bits per heavy atom. The van der Waals surface area contributed by atoms with Crippen molar-refractivity contribution in [2.24, 2.45) is 0 Å². The first kappa shape index (κ1) is 21.5. The molecule has 1 saturated carbocycles. The number of nitrogens with one attached hydrogen (secondary N) is 2. The van der Waals surface area contributed by atoms with E-state index in [1.165, 1.54) is 36.7 Å². The highest BCUT2D eigenvalue weighted by molar-refractivity contribution is 7.93. The Morgan fingerprint density at radius 3 is 2.55 bits per heavy atom. The summed E-state index contributed by atoms with van der Waals surface area (Å²) in [7, 11) is -6.05. The lowest BCUT2D eigenvalue weighted by Gasteiger charge is -2.12. The topological polar surface area (TPSA) is 110 Å². The summed E-state index contributed by atoms with van der Waals surface area (Å²) in [6.45, 7) is 0.378. The summed E-state index contributed by atoms with van der Waals surface area (Å²) in [4.78, 5) is 3.68. The minimum Gasteiger partial charge on any atom is -0.316 e. The fraction of sp³-hybridized carbons (Fsp3) is 0.250. The van der Waals surface area contributed by atoms with Gasteiger partial charge in [0.25, 0.3) is 10.0 Å². The minimum absolute atomic E-state index is 0.0584. The van der Waals surface area contributed by atoms with Crippen molar-refractivity contribution in [3.05, 3.63) is 66.4 Å². The van der Waals surface area contributed by atoms with Gasteiger partial charge in [-0.05, 0) is 49.7 Å². The largest absolute Gasteiger partial charge is 0.316 e. The summed E-state index contributed by atoms with van der Waals surface area (Å²) in [6, 6.07) is 8.71. The van der Waals surface area contributed by atoms with E-state index in [-0.39, 0.29) is 21.8 Å². The number of halogens is 1. The van der Waals surface area contributed by atoms with Gasteiger partial charge in [0, 0.05) is 24.5 Å². The third-order valence-corrected chi connectivity index (χ3v) is 8.37. The molecule has 1 aliphatic rings. The third-order valence-electron chi connectivity index (χ3n) is 4.87. The molecule has 0 saturated heterocycles. The van der Waals surface area contributed by atoms with Crippen LogP contribution in [0.2, 0.25) is 0 Å². The third kappa shape index (κ3) is 4.34. The second kappa shape index (κ2) is 8.06. The number of pyridine rings is 1. The molecule has 0 amide bonds. The first-order chi connectivity index (χ1) is 14.7. The Kier molecular flexibility index (Phi) is 5.58. The van der Waals surface area contributed by atoms with Gasteiger partial charge in [-0.2, -0.15) is 0 Å². The van der Waals surface area contributed by atoms with Crippen LogP contribution in [-0.4, -0.2) is 38.1 Å². The number of anilines is 1. The van der Waals surface area contributed by atoms with E-state index in [2.05, 4.69) is 15.0 Å². The predicted octanol–water partition coefficient (Wildman–Crippen LogP) is 2.55. The van der Waals surface area contributed by atoms with Crippen molar-refractivity contribution in [1.82, 2.24) is 14.3 Å². The van der Waals surface area contributed by atoms with Crippen molar-refractivity contribution < 1.29 is 21.2 Å². The molecule has 0 unspecified atom stereocenters. The van der Waals surface area contributed by atoms with E-state index in [0.29, 0.717) is 24.9 Å². The molecule has 1 aliphatic carbocycles. The van der Waals surface area contributed by atoms with Crippen LogP contribution in [0.25, 0.3) is 11.3 Å². The smallest absolute Gasteiger partial charge is 0.269 e. The lowest BCUT2D eigenvalue weighted by molar-refractivity contribution is 0.586. The van der Waals surface area contributed by atoms with E-state index in [9.17, 15) is 21.2 Å². The number of hydrogen-bond donors (Lipinski definition) is 2. The quantitative estimate of drug-likeness (QED) is 0.530. The lowest BCUT2D eigenvalue weighted by Crippen LogP contribution is -2.18. The fourth-order valence-electron chi connectivity index (χ4n) is 3.22. The summed E-state index contributed by atoms with van der Waals surface area (Å²) in [5.41, 5.74) is 0.991. The van der Waals surface area contributed by atoms with Gasteiger partial charge in [-0.25, -0.2) is 25.2 Å². The highest BCUT2D eigenvalue weighted by Crippen LogP contribution is 2.31. The van der Waals surface area contributed by atoms with Crippen LogP contribution < -0.4 is 10.0 Å². The maximum absolute atomic E-state index is 14.5. The Hall–Kier alpha value is -2.76.